The van der Waals surface area contributed by atoms with Gasteiger partial charge >= 0.3 is 0 Å². The molecule has 0 spiro atoms. The van der Waals surface area contributed by atoms with Crippen molar-refractivity contribution in [3.8, 4) is 0 Å². The van der Waals surface area contributed by atoms with Gasteiger partial charge < -0.3 is 15.7 Å². The molecule has 0 aliphatic carbocycles. The van der Waals surface area contributed by atoms with Crippen LogP contribution in [0.15, 0.2) is 47.5 Å². The van der Waals surface area contributed by atoms with Gasteiger partial charge in [-0.25, -0.2) is 0 Å². The fraction of sp³-hybridized carbons (Fsp3) is 0. The van der Waals surface area contributed by atoms with E-state index in [1.807, 2.05) is 0 Å². The molecule has 0 aliphatic rings. The molecule has 2 aromatic rings. The van der Waals surface area contributed by atoms with E-state index in [-0.39, 0.29) is 5.56 Å². The second kappa shape index (κ2) is 5.43. The van der Waals surface area contributed by atoms with Crippen molar-refractivity contribution >= 4 is 5.91 Å². The molecule has 2 aromatic heterocycles. The van der Waals surface area contributed by atoms with Crippen molar-refractivity contribution in [2.75, 3.05) is 0 Å². The number of rotatable bonds is 1. The van der Waals surface area contributed by atoms with Gasteiger partial charge in [-0.1, -0.05) is 6.07 Å². The van der Waals surface area contributed by atoms with Crippen LogP contribution in [0.1, 0.15) is 10.5 Å². The van der Waals surface area contributed by atoms with Gasteiger partial charge in [-0.15, -0.1) is 0 Å². The van der Waals surface area contributed by atoms with Gasteiger partial charge in [-0.3, -0.25) is 9.59 Å². The van der Waals surface area contributed by atoms with Crippen LogP contribution >= 0.6 is 0 Å². The van der Waals surface area contributed by atoms with E-state index >= 15 is 0 Å². The summed E-state index contributed by atoms with van der Waals surface area (Å²) in [6, 6.07) is 8.28. The molecule has 0 bridgehead atoms. The highest BCUT2D eigenvalue weighted by Gasteiger charge is 1.95. The van der Waals surface area contributed by atoms with Crippen molar-refractivity contribution in [2.45, 2.75) is 0 Å². The summed E-state index contributed by atoms with van der Waals surface area (Å²) in [5.41, 5.74) is 5.28. The SMILES string of the molecule is NC(=O)c1ccc[nH]1.O=c1cccc[nH]1. The number of amides is 1. The molecule has 78 valence electrons. The molecule has 5 nitrogen and oxygen atoms in total. The Kier molecular flexibility index (Phi) is 3.91. The first-order valence-electron chi connectivity index (χ1n) is 4.27. The summed E-state index contributed by atoms with van der Waals surface area (Å²) in [4.78, 5) is 25.6. The molecule has 0 saturated carbocycles. The standard InChI is InChI=1S/C5H6N2O.C5H5NO/c6-5(8)4-2-1-3-7-4;7-5-3-1-2-4-6-5/h1-3,7H,(H2,6,8);1-4H,(H,6,7). The number of carbonyl (C=O) groups excluding carboxylic acids is 1. The molecule has 1 amide bonds. The molecule has 0 aromatic carbocycles. The molecule has 2 heterocycles. The maximum Gasteiger partial charge on any atom is 0.265 e. The van der Waals surface area contributed by atoms with Gasteiger partial charge in [0, 0.05) is 18.5 Å². The number of nitrogens with one attached hydrogen (secondary N) is 2. The molecule has 0 saturated heterocycles. The van der Waals surface area contributed by atoms with Crippen molar-refractivity contribution < 1.29 is 4.79 Å². The van der Waals surface area contributed by atoms with Crippen LogP contribution in [0, 0.1) is 0 Å². The average Bonchev–Trinajstić information content (AvgIpc) is 2.72. The summed E-state index contributed by atoms with van der Waals surface area (Å²) in [7, 11) is 0. The highest BCUT2D eigenvalue weighted by atomic mass is 16.1. The van der Waals surface area contributed by atoms with E-state index in [0.717, 1.165) is 0 Å². The number of nitrogens with two attached hydrogens (primary N) is 1. The molecular weight excluding hydrogens is 194 g/mol. The molecule has 0 unspecified atom stereocenters. The number of pyridine rings is 1. The van der Waals surface area contributed by atoms with E-state index in [1.54, 1.807) is 36.7 Å². The maximum atomic E-state index is 10.3. The number of carbonyl (C=O) groups is 1. The van der Waals surface area contributed by atoms with E-state index in [0.29, 0.717) is 5.69 Å². The molecule has 0 atom stereocenters. The summed E-state index contributed by atoms with van der Waals surface area (Å²) in [6.45, 7) is 0. The van der Waals surface area contributed by atoms with Crippen molar-refractivity contribution in [3.05, 3.63) is 58.8 Å². The van der Waals surface area contributed by atoms with Gasteiger partial charge in [0.25, 0.3) is 5.91 Å². The highest BCUT2D eigenvalue weighted by Crippen LogP contribution is 1.89. The quantitative estimate of drug-likeness (QED) is 0.632. The average molecular weight is 205 g/mol. The van der Waals surface area contributed by atoms with E-state index in [9.17, 15) is 9.59 Å². The van der Waals surface area contributed by atoms with Crippen LogP contribution in [0.5, 0.6) is 0 Å². The first-order valence-corrected chi connectivity index (χ1v) is 4.27. The summed E-state index contributed by atoms with van der Waals surface area (Å²) in [5.74, 6) is -0.421. The Labute approximate surface area is 86.0 Å². The number of primary amides is 1. The minimum absolute atomic E-state index is 0.0532. The molecule has 4 N–H and O–H groups in total. The topological polar surface area (TPSA) is 91.7 Å². The predicted molar refractivity (Wildman–Crippen MR) is 56.4 cm³/mol. The largest absolute Gasteiger partial charge is 0.364 e. The van der Waals surface area contributed by atoms with Gasteiger partial charge in [-0.2, -0.15) is 0 Å². The zero-order chi connectivity index (χ0) is 11.1. The fourth-order valence-corrected chi connectivity index (χ4v) is 0.860. The lowest BCUT2D eigenvalue weighted by Crippen LogP contribution is -2.10. The summed E-state index contributed by atoms with van der Waals surface area (Å²) in [6.07, 6.45) is 3.25. The minimum atomic E-state index is -0.421. The second-order valence-electron chi connectivity index (χ2n) is 2.67. The molecule has 0 fully saturated rings. The monoisotopic (exact) mass is 205 g/mol. The lowest BCUT2D eigenvalue weighted by molar-refractivity contribution is 0.0996. The van der Waals surface area contributed by atoms with Crippen LogP contribution in [0.4, 0.5) is 0 Å². The van der Waals surface area contributed by atoms with Crippen LogP contribution in [0.3, 0.4) is 0 Å². The third-order valence-electron chi connectivity index (χ3n) is 1.54. The Bertz CT molecular complexity index is 442. The van der Waals surface area contributed by atoms with E-state index in [2.05, 4.69) is 9.97 Å². The van der Waals surface area contributed by atoms with Gasteiger partial charge in [-0.05, 0) is 18.2 Å². The lowest BCUT2D eigenvalue weighted by atomic mass is 10.4. The van der Waals surface area contributed by atoms with Crippen LogP contribution in [-0.4, -0.2) is 15.9 Å². The zero-order valence-corrected chi connectivity index (χ0v) is 7.94. The van der Waals surface area contributed by atoms with Crippen molar-refractivity contribution in [2.24, 2.45) is 5.73 Å². The minimum Gasteiger partial charge on any atom is -0.364 e. The van der Waals surface area contributed by atoms with E-state index < -0.39 is 5.91 Å². The lowest BCUT2D eigenvalue weighted by Gasteiger charge is -1.82. The predicted octanol–water partition coefficient (Wildman–Crippen LogP) is 0.488. The number of hydrogen-bond acceptors (Lipinski definition) is 2. The Morgan fingerprint density at radius 1 is 1.07 bits per heavy atom. The summed E-state index contributed by atoms with van der Waals surface area (Å²) < 4.78 is 0. The third kappa shape index (κ3) is 3.95. The van der Waals surface area contributed by atoms with Crippen molar-refractivity contribution in [1.29, 1.82) is 0 Å². The normalized spacial score (nSPS) is 8.80. The number of aromatic amines is 2. The van der Waals surface area contributed by atoms with Crippen molar-refractivity contribution in [3.63, 3.8) is 0 Å². The van der Waals surface area contributed by atoms with Crippen molar-refractivity contribution in [1.82, 2.24) is 9.97 Å². The van der Waals surface area contributed by atoms with Crippen LogP contribution in [0.2, 0.25) is 0 Å². The fourth-order valence-electron chi connectivity index (χ4n) is 0.860. The number of hydrogen-bond donors (Lipinski definition) is 3. The highest BCUT2D eigenvalue weighted by molar-refractivity contribution is 5.90. The Morgan fingerprint density at radius 3 is 2.07 bits per heavy atom. The molecule has 5 heteroatoms. The molecule has 2 rings (SSSR count). The van der Waals surface area contributed by atoms with Crippen LogP contribution < -0.4 is 11.3 Å². The van der Waals surface area contributed by atoms with Crippen LogP contribution in [0.25, 0.3) is 0 Å². The van der Waals surface area contributed by atoms with Gasteiger partial charge in [0.05, 0.1) is 0 Å². The molecular formula is C10H11N3O2. The third-order valence-corrected chi connectivity index (χ3v) is 1.54. The smallest absolute Gasteiger partial charge is 0.265 e. The molecule has 15 heavy (non-hydrogen) atoms. The Morgan fingerprint density at radius 2 is 1.80 bits per heavy atom. The van der Waals surface area contributed by atoms with Gasteiger partial charge in [0.2, 0.25) is 5.56 Å². The van der Waals surface area contributed by atoms with E-state index in [4.69, 9.17) is 5.73 Å². The number of H-pyrrole nitrogens is 2. The summed E-state index contributed by atoms with van der Waals surface area (Å²) in [5, 5.41) is 0. The van der Waals surface area contributed by atoms with E-state index in [1.165, 1.54) is 6.07 Å². The van der Waals surface area contributed by atoms with Gasteiger partial charge in [0.15, 0.2) is 0 Å². The zero-order valence-electron chi connectivity index (χ0n) is 7.94. The number of aromatic nitrogens is 2. The second-order valence-corrected chi connectivity index (χ2v) is 2.67. The summed E-state index contributed by atoms with van der Waals surface area (Å²) >= 11 is 0. The van der Waals surface area contributed by atoms with Crippen LogP contribution in [-0.2, 0) is 0 Å². The first-order chi connectivity index (χ1) is 7.20. The molecule has 0 radical (unpaired) electrons. The Balaban J connectivity index is 0.000000151. The Hall–Kier alpha value is -2.30. The molecule has 0 aliphatic heterocycles. The first kappa shape index (κ1) is 10.8. The van der Waals surface area contributed by atoms with Gasteiger partial charge in [0.1, 0.15) is 5.69 Å². The maximum absolute atomic E-state index is 10.3.